The van der Waals surface area contributed by atoms with E-state index in [1.165, 1.54) is 0 Å². The van der Waals surface area contributed by atoms with Gasteiger partial charge in [0.05, 0.1) is 23.6 Å². The summed E-state index contributed by atoms with van der Waals surface area (Å²) in [5, 5.41) is 23.9. The van der Waals surface area contributed by atoms with Gasteiger partial charge >= 0.3 is 6.09 Å². The van der Waals surface area contributed by atoms with Crippen molar-refractivity contribution in [2.24, 2.45) is 0 Å². The van der Waals surface area contributed by atoms with Crippen molar-refractivity contribution >= 4 is 11.8 Å². The molecule has 2 aromatic heterocycles. The third kappa shape index (κ3) is 5.00. The summed E-state index contributed by atoms with van der Waals surface area (Å²) in [5.74, 6) is 0.748. The quantitative estimate of drug-likeness (QED) is 0.647. The second-order valence-corrected chi connectivity index (χ2v) is 7.34. The maximum atomic E-state index is 12.1. The number of aromatic amines is 1. The van der Waals surface area contributed by atoms with Crippen LogP contribution < -0.4 is 4.90 Å². The molecule has 1 saturated heterocycles. The Balaban J connectivity index is 1.47. The van der Waals surface area contributed by atoms with E-state index in [4.69, 9.17) is 4.74 Å². The molecule has 0 radical (unpaired) electrons. The van der Waals surface area contributed by atoms with Crippen LogP contribution in [0.25, 0.3) is 0 Å². The van der Waals surface area contributed by atoms with E-state index in [0.29, 0.717) is 18.0 Å². The normalized spacial score (nSPS) is 17.4. The summed E-state index contributed by atoms with van der Waals surface area (Å²) in [6.45, 7) is 3.76. The zero-order valence-corrected chi connectivity index (χ0v) is 15.8. The van der Waals surface area contributed by atoms with Crippen LogP contribution in [0.1, 0.15) is 57.5 Å². The lowest BCUT2D eigenvalue weighted by atomic mass is 10.0. The number of hydrogen-bond acceptors (Lipinski definition) is 7. The predicted molar refractivity (Wildman–Crippen MR) is 98.1 cm³/mol. The van der Waals surface area contributed by atoms with E-state index < -0.39 is 5.60 Å². The highest BCUT2D eigenvalue weighted by Gasteiger charge is 2.34. The van der Waals surface area contributed by atoms with E-state index in [1.807, 2.05) is 6.07 Å². The Morgan fingerprint density at radius 3 is 2.78 bits per heavy atom. The van der Waals surface area contributed by atoms with Crippen molar-refractivity contribution in [3.8, 4) is 0 Å². The molecule has 0 aliphatic carbocycles. The number of aryl methyl sites for hydroxylation is 1. The molecule has 146 valence electrons. The largest absolute Gasteiger partial charge is 0.447 e. The number of nitrogens with one attached hydrogen (secondary N) is 1. The number of rotatable bonds is 9. The minimum atomic E-state index is -1.01. The molecule has 0 bridgehead atoms. The van der Waals surface area contributed by atoms with Crippen LogP contribution in [0.15, 0.2) is 18.3 Å². The Morgan fingerprint density at radius 2 is 2.11 bits per heavy atom. The maximum Gasteiger partial charge on any atom is 0.414 e. The van der Waals surface area contributed by atoms with Gasteiger partial charge < -0.3 is 9.84 Å². The van der Waals surface area contributed by atoms with Gasteiger partial charge in [-0.15, -0.1) is 10.2 Å². The fourth-order valence-corrected chi connectivity index (χ4v) is 3.18. The average molecular weight is 374 g/mol. The van der Waals surface area contributed by atoms with Crippen LogP contribution >= 0.6 is 0 Å². The van der Waals surface area contributed by atoms with E-state index >= 15 is 0 Å². The van der Waals surface area contributed by atoms with Crippen molar-refractivity contribution < 1.29 is 14.6 Å². The number of cyclic esters (lactones) is 1. The number of anilines is 1. The molecule has 9 heteroatoms. The fraction of sp³-hybridized carbons (Fsp3) is 0.611. The average Bonchev–Trinajstić information content (AvgIpc) is 3.27. The number of hydrogen-bond donors (Lipinski definition) is 2. The molecule has 2 aromatic rings. The van der Waals surface area contributed by atoms with Gasteiger partial charge in [0.15, 0.2) is 5.82 Å². The van der Waals surface area contributed by atoms with Crippen LogP contribution in [0.3, 0.4) is 0 Å². The number of aromatic nitrogens is 5. The van der Waals surface area contributed by atoms with Gasteiger partial charge in [-0.2, -0.15) is 5.21 Å². The first-order chi connectivity index (χ1) is 12.9. The van der Waals surface area contributed by atoms with Crippen LogP contribution in [0.2, 0.25) is 0 Å². The molecular weight excluding hydrogens is 348 g/mol. The number of ether oxygens (including phenoxy) is 1. The molecule has 1 amide bonds. The third-order valence-electron chi connectivity index (χ3n) is 4.69. The second kappa shape index (κ2) is 8.43. The maximum absolute atomic E-state index is 12.1. The first-order valence-electron chi connectivity index (χ1n) is 9.32. The molecule has 27 heavy (non-hydrogen) atoms. The first kappa shape index (κ1) is 19.2. The summed E-state index contributed by atoms with van der Waals surface area (Å²) in [4.78, 5) is 18.1. The highest BCUT2D eigenvalue weighted by atomic mass is 16.6. The highest BCUT2D eigenvalue weighted by Crippen LogP contribution is 2.27. The lowest BCUT2D eigenvalue weighted by Gasteiger charge is -2.22. The highest BCUT2D eigenvalue weighted by molar-refractivity contribution is 5.90. The van der Waals surface area contributed by atoms with Gasteiger partial charge in [0.1, 0.15) is 12.2 Å². The smallest absolute Gasteiger partial charge is 0.414 e. The number of H-pyrrole nitrogens is 1. The van der Waals surface area contributed by atoms with Gasteiger partial charge in [-0.05, 0) is 38.8 Å². The lowest BCUT2D eigenvalue weighted by Crippen LogP contribution is -2.33. The molecule has 1 aliphatic heterocycles. The van der Waals surface area contributed by atoms with Crippen LogP contribution in [0.4, 0.5) is 10.5 Å². The van der Waals surface area contributed by atoms with Crippen LogP contribution in [0, 0.1) is 0 Å². The lowest BCUT2D eigenvalue weighted by molar-refractivity contribution is 0.0739. The van der Waals surface area contributed by atoms with E-state index in [9.17, 15) is 9.90 Å². The SMILES string of the molecule is CC(C)(O)c1ccc(N2C(=O)OC[C@@H]2CCCCCCc2nn[nH]n2)cn1. The summed E-state index contributed by atoms with van der Waals surface area (Å²) in [6.07, 6.45) is 7.18. The van der Waals surface area contributed by atoms with Crippen LogP contribution in [-0.4, -0.2) is 49.5 Å². The number of carbonyl (C=O) groups excluding carboxylic acids is 1. The molecule has 0 unspecified atom stereocenters. The third-order valence-corrected chi connectivity index (χ3v) is 4.69. The summed E-state index contributed by atoms with van der Waals surface area (Å²) in [7, 11) is 0. The number of aliphatic hydroxyl groups is 1. The zero-order valence-electron chi connectivity index (χ0n) is 15.8. The molecule has 9 nitrogen and oxygen atoms in total. The molecule has 3 rings (SSSR count). The van der Waals surface area contributed by atoms with Crippen molar-refractivity contribution in [2.75, 3.05) is 11.5 Å². The zero-order chi connectivity index (χ0) is 19.3. The Hall–Kier alpha value is -2.55. The van der Waals surface area contributed by atoms with Crippen molar-refractivity contribution in [1.29, 1.82) is 0 Å². The predicted octanol–water partition coefficient (Wildman–Crippen LogP) is 2.34. The number of nitrogens with zero attached hydrogens (tertiary/aromatic N) is 5. The minimum Gasteiger partial charge on any atom is -0.447 e. The number of carbonyl (C=O) groups is 1. The molecule has 1 aliphatic rings. The Morgan fingerprint density at radius 1 is 1.30 bits per heavy atom. The number of tetrazole rings is 1. The topological polar surface area (TPSA) is 117 Å². The van der Waals surface area contributed by atoms with Gasteiger partial charge in [0.2, 0.25) is 0 Å². The van der Waals surface area contributed by atoms with Crippen molar-refractivity contribution in [3.63, 3.8) is 0 Å². The molecule has 0 saturated carbocycles. The van der Waals surface area contributed by atoms with Gasteiger partial charge in [0, 0.05) is 6.42 Å². The minimum absolute atomic E-state index is 0.0180. The monoisotopic (exact) mass is 374 g/mol. The molecule has 0 aromatic carbocycles. The van der Waals surface area contributed by atoms with Gasteiger partial charge in [0.25, 0.3) is 0 Å². The summed E-state index contributed by atoms with van der Waals surface area (Å²) >= 11 is 0. The standard InChI is InChI=1S/C18H26N6O3/c1-18(2,26)15-10-9-13(11-19-15)24-14(12-27-17(24)25)7-5-3-4-6-8-16-20-22-23-21-16/h9-11,14,26H,3-8,12H2,1-2H3,(H,20,21,22,23)/t14-/m0/s1. The van der Waals surface area contributed by atoms with Gasteiger partial charge in [-0.1, -0.05) is 24.5 Å². The van der Waals surface area contributed by atoms with Crippen LogP contribution in [0.5, 0.6) is 0 Å². The molecule has 0 spiro atoms. The van der Waals surface area contributed by atoms with Crippen molar-refractivity contribution in [3.05, 3.63) is 29.8 Å². The van der Waals surface area contributed by atoms with E-state index in [1.54, 1.807) is 31.0 Å². The van der Waals surface area contributed by atoms with Gasteiger partial charge in [-0.3, -0.25) is 9.88 Å². The van der Waals surface area contributed by atoms with E-state index in [2.05, 4.69) is 25.6 Å². The van der Waals surface area contributed by atoms with Crippen molar-refractivity contribution in [2.45, 2.75) is 64.0 Å². The Labute approximate surface area is 158 Å². The fourth-order valence-electron chi connectivity index (χ4n) is 3.18. The van der Waals surface area contributed by atoms with Gasteiger partial charge in [-0.25, -0.2) is 4.79 Å². The molecule has 1 fully saturated rings. The Bertz CT molecular complexity index is 727. The molecule has 2 N–H and O–H groups in total. The number of pyridine rings is 1. The Kier molecular flexibility index (Phi) is 6.00. The second-order valence-electron chi connectivity index (χ2n) is 7.34. The molecule has 1 atom stereocenters. The summed E-state index contributed by atoms with van der Waals surface area (Å²) in [6, 6.07) is 3.57. The number of amides is 1. The van der Waals surface area contributed by atoms with E-state index in [0.717, 1.165) is 44.3 Å². The van der Waals surface area contributed by atoms with Crippen molar-refractivity contribution in [1.82, 2.24) is 25.6 Å². The summed E-state index contributed by atoms with van der Waals surface area (Å²) < 4.78 is 5.24. The number of unbranched alkanes of at least 4 members (excludes halogenated alkanes) is 3. The summed E-state index contributed by atoms with van der Waals surface area (Å²) in [5.41, 5.74) is 0.259. The molecule has 3 heterocycles. The first-order valence-corrected chi connectivity index (χ1v) is 9.32. The molecular formula is C18H26N6O3. The van der Waals surface area contributed by atoms with Crippen LogP contribution in [-0.2, 0) is 16.8 Å². The van der Waals surface area contributed by atoms with E-state index in [-0.39, 0.29) is 12.1 Å².